The highest BCUT2D eigenvalue weighted by molar-refractivity contribution is 7.91. The minimum absolute atomic E-state index is 0.0147. The van der Waals surface area contributed by atoms with Gasteiger partial charge in [-0.2, -0.15) is 0 Å². The fourth-order valence-electron chi connectivity index (χ4n) is 1.91. The standard InChI is InChI=1S/C11H13ClN2O3S/c12-9-3-1-2-8(10(9)13)11(15)14-7-4-5-18(16,17)6-7/h1-3,7H,4-6,13H2,(H,14,15). The number of carbonyl (C=O) groups is 1. The van der Waals surface area contributed by atoms with Crippen molar-refractivity contribution in [2.75, 3.05) is 17.2 Å². The molecule has 1 aliphatic rings. The Kier molecular flexibility index (Phi) is 3.49. The van der Waals surface area contributed by atoms with Gasteiger partial charge in [0.05, 0.1) is 27.8 Å². The van der Waals surface area contributed by atoms with Crippen molar-refractivity contribution >= 4 is 33.0 Å². The molecule has 98 valence electrons. The molecule has 1 aromatic rings. The molecule has 1 saturated heterocycles. The number of benzene rings is 1. The summed E-state index contributed by atoms with van der Waals surface area (Å²) in [7, 11) is -3.01. The van der Waals surface area contributed by atoms with Crippen LogP contribution in [-0.2, 0) is 9.84 Å². The largest absolute Gasteiger partial charge is 0.397 e. The number of nitrogens with one attached hydrogen (secondary N) is 1. The molecule has 2 rings (SSSR count). The molecule has 1 fully saturated rings. The summed E-state index contributed by atoms with van der Waals surface area (Å²) in [5, 5.41) is 2.97. The van der Waals surface area contributed by atoms with E-state index >= 15 is 0 Å². The second-order valence-corrected chi connectivity index (χ2v) is 6.91. The van der Waals surface area contributed by atoms with E-state index < -0.39 is 15.7 Å². The Labute approximate surface area is 110 Å². The molecule has 0 bridgehead atoms. The second kappa shape index (κ2) is 4.78. The first kappa shape index (κ1) is 13.2. The van der Waals surface area contributed by atoms with Crippen LogP contribution in [0.15, 0.2) is 18.2 Å². The summed E-state index contributed by atoms with van der Waals surface area (Å²) in [5.74, 6) is -0.292. The van der Waals surface area contributed by atoms with E-state index in [-0.39, 0.29) is 28.8 Å². The van der Waals surface area contributed by atoms with E-state index in [4.69, 9.17) is 17.3 Å². The zero-order valence-corrected chi connectivity index (χ0v) is 11.1. The first-order valence-corrected chi connectivity index (χ1v) is 7.64. The maximum absolute atomic E-state index is 11.9. The van der Waals surface area contributed by atoms with Crippen molar-refractivity contribution in [2.24, 2.45) is 0 Å². The molecule has 0 saturated carbocycles. The van der Waals surface area contributed by atoms with Gasteiger partial charge in [0.2, 0.25) is 0 Å². The Morgan fingerprint density at radius 1 is 1.44 bits per heavy atom. The van der Waals surface area contributed by atoms with Gasteiger partial charge in [0.25, 0.3) is 5.91 Å². The lowest BCUT2D eigenvalue weighted by molar-refractivity contribution is 0.0942. The van der Waals surface area contributed by atoms with Crippen molar-refractivity contribution in [1.82, 2.24) is 5.32 Å². The quantitative estimate of drug-likeness (QED) is 0.789. The summed E-state index contributed by atoms with van der Waals surface area (Å²) in [5.41, 5.74) is 6.18. The van der Waals surface area contributed by atoms with Crippen LogP contribution in [0.1, 0.15) is 16.8 Å². The van der Waals surface area contributed by atoms with Gasteiger partial charge in [-0.3, -0.25) is 4.79 Å². The number of carbonyl (C=O) groups excluding carboxylic acids is 1. The summed E-state index contributed by atoms with van der Waals surface area (Å²) in [6, 6.07) is 4.42. The van der Waals surface area contributed by atoms with Gasteiger partial charge in [0, 0.05) is 6.04 Å². The molecule has 1 amide bonds. The van der Waals surface area contributed by atoms with E-state index in [1.165, 1.54) is 0 Å². The van der Waals surface area contributed by atoms with Crippen molar-refractivity contribution in [3.8, 4) is 0 Å². The van der Waals surface area contributed by atoms with Gasteiger partial charge in [0.1, 0.15) is 0 Å². The van der Waals surface area contributed by atoms with Gasteiger partial charge < -0.3 is 11.1 Å². The summed E-state index contributed by atoms with van der Waals surface area (Å²) in [6.45, 7) is 0. The van der Waals surface area contributed by atoms with Crippen LogP contribution in [-0.4, -0.2) is 31.9 Å². The minimum Gasteiger partial charge on any atom is -0.397 e. The number of halogens is 1. The molecule has 0 aromatic heterocycles. The van der Waals surface area contributed by atoms with Gasteiger partial charge in [-0.05, 0) is 18.6 Å². The lowest BCUT2D eigenvalue weighted by atomic mass is 10.1. The smallest absolute Gasteiger partial charge is 0.253 e. The maximum Gasteiger partial charge on any atom is 0.253 e. The molecule has 1 aromatic carbocycles. The number of anilines is 1. The first-order valence-electron chi connectivity index (χ1n) is 5.44. The molecule has 1 unspecified atom stereocenters. The van der Waals surface area contributed by atoms with Gasteiger partial charge in [-0.25, -0.2) is 8.42 Å². The van der Waals surface area contributed by atoms with Crippen LogP contribution in [0.25, 0.3) is 0 Å². The molecule has 0 spiro atoms. The second-order valence-electron chi connectivity index (χ2n) is 4.27. The van der Waals surface area contributed by atoms with Gasteiger partial charge >= 0.3 is 0 Å². The highest BCUT2D eigenvalue weighted by Crippen LogP contribution is 2.22. The van der Waals surface area contributed by atoms with Gasteiger partial charge in [-0.15, -0.1) is 0 Å². The number of sulfone groups is 1. The molecule has 7 heteroatoms. The van der Waals surface area contributed by atoms with Gasteiger partial charge in [0.15, 0.2) is 9.84 Å². The summed E-state index contributed by atoms with van der Waals surface area (Å²) in [4.78, 5) is 11.9. The fraction of sp³-hybridized carbons (Fsp3) is 0.364. The van der Waals surface area contributed by atoms with Gasteiger partial charge in [-0.1, -0.05) is 17.7 Å². The van der Waals surface area contributed by atoms with E-state index in [0.29, 0.717) is 11.4 Å². The number of para-hydroxylation sites is 1. The Balaban J connectivity index is 2.11. The Morgan fingerprint density at radius 2 is 2.17 bits per heavy atom. The summed E-state index contributed by atoms with van der Waals surface area (Å²) >= 11 is 5.82. The van der Waals surface area contributed by atoms with E-state index in [0.717, 1.165) is 0 Å². The van der Waals surface area contributed by atoms with Crippen molar-refractivity contribution in [2.45, 2.75) is 12.5 Å². The first-order chi connectivity index (χ1) is 8.39. The fourth-order valence-corrected chi connectivity index (χ4v) is 3.75. The number of amides is 1. The molecule has 5 nitrogen and oxygen atoms in total. The van der Waals surface area contributed by atoms with Crippen LogP contribution in [0.3, 0.4) is 0 Å². The third-order valence-corrected chi connectivity index (χ3v) is 4.96. The molecular formula is C11H13ClN2O3S. The number of nitrogen functional groups attached to an aromatic ring is 1. The van der Waals surface area contributed by atoms with E-state index in [9.17, 15) is 13.2 Å². The summed E-state index contributed by atoms with van der Waals surface area (Å²) < 4.78 is 22.6. The molecule has 18 heavy (non-hydrogen) atoms. The Hall–Kier alpha value is -1.27. The van der Waals surface area contributed by atoms with Crippen molar-refractivity contribution in [3.05, 3.63) is 28.8 Å². The average Bonchev–Trinajstić information content (AvgIpc) is 2.62. The maximum atomic E-state index is 11.9. The Bertz CT molecular complexity index is 586. The number of nitrogens with two attached hydrogens (primary N) is 1. The number of hydrogen-bond donors (Lipinski definition) is 2. The molecule has 0 radical (unpaired) electrons. The third kappa shape index (κ3) is 2.76. The van der Waals surface area contributed by atoms with Crippen LogP contribution < -0.4 is 11.1 Å². The van der Waals surface area contributed by atoms with E-state index in [1.807, 2.05) is 0 Å². The van der Waals surface area contributed by atoms with E-state index in [2.05, 4.69) is 5.32 Å². The SMILES string of the molecule is Nc1c(Cl)cccc1C(=O)NC1CCS(=O)(=O)C1. The highest BCUT2D eigenvalue weighted by atomic mass is 35.5. The predicted molar refractivity (Wildman–Crippen MR) is 70.4 cm³/mol. The van der Waals surface area contributed by atoms with Crippen molar-refractivity contribution in [1.29, 1.82) is 0 Å². The van der Waals surface area contributed by atoms with E-state index in [1.54, 1.807) is 18.2 Å². The Morgan fingerprint density at radius 3 is 2.78 bits per heavy atom. The molecule has 1 atom stereocenters. The monoisotopic (exact) mass is 288 g/mol. The normalized spacial score (nSPS) is 21.7. The molecular weight excluding hydrogens is 276 g/mol. The van der Waals surface area contributed by atoms with Crippen molar-refractivity contribution < 1.29 is 13.2 Å². The van der Waals surface area contributed by atoms with Crippen LogP contribution in [0, 0.1) is 0 Å². The zero-order valence-electron chi connectivity index (χ0n) is 9.52. The lowest BCUT2D eigenvalue weighted by Crippen LogP contribution is -2.35. The molecule has 0 aliphatic carbocycles. The van der Waals surface area contributed by atoms with Crippen molar-refractivity contribution in [3.63, 3.8) is 0 Å². The third-order valence-electron chi connectivity index (χ3n) is 2.87. The number of hydrogen-bond acceptors (Lipinski definition) is 4. The molecule has 3 N–H and O–H groups in total. The lowest BCUT2D eigenvalue weighted by Gasteiger charge is -2.12. The van der Waals surface area contributed by atoms with Crippen LogP contribution in [0.2, 0.25) is 5.02 Å². The minimum atomic E-state index is -3.01. The topological polar surface area (TPSA) is 89.3 Å². The number of rotatable bonds is 2. The highest BCUT2D eigenvalue weighted by Gasteiger charge is 2.29. The van der Waals surface area contributed by atoms with Crippen LogP contribution in [0.4, 0.5) is 5.69 Å². The van der Waals surface area contributed by atoms with Crippen LogP contribution in [0.5, 0.6) is 0 Å². The molecule has 1 aliphatic heterocycles. The predicted octanol–water partition coefficient (Wildman–Crippen LogP) is 0.839. The average molecular weight is 289 g/mol. The zero-order chi connectivity index (χ0) is 13.3. The van der Waals surface area contributed by atoms with Crippen LogP contribution >= 0.6 is 11.6 Å². The summed E-state index contributed by atoms with van der Waals surface area (Å²) in [6.07, 6.45) is 0.439. The molecule has 1 heterocycles.